The van der Waals surface area contributed by atoms with Crippen molar-refractivity contribution in [1.82, 2.24) is 0 Å². The van der Waals surface area contributed by atoms with Crippen LogP contribution in [0.4, 0.5) is 4.39 Å². The van der Waals surface area contributed by atoms with Gasteiger partial charge < -0.3 is 0 Å². The normalized spacial score (nSPS) is 11.0. The lowest BCUT2D eigenvalue weighted by Gasteiger charge is -1.99. The van der Waals surface area contributed by atoms with Gasteiger partial charge in [-0.2, -0.15) is 0 Å². The van der Waals surface area contributed by atoms with E-state index < -0.39 is 0 Å². The highest BCUT2D eigenvalue weighted by molar-refractivity contribution is 5.70. The van der Waals surface area contributed by atoms with Crippen LogP contribution in [0.15, 0.2) is 42.5 Å². The van der Waals surface area contributed by atoms with Gasteiger partial charge >= 0.3 is 0 Å². The van der Waals surface area contributed by atoms with Gasteiger partial charge in [0.2, 0.25) is 0 Å². The molecule has 0 aliphatic heterocycles. The van der Waals surface area contributed by atoms with E-state index in [0.29, 0.717) is 5.56 Å². The van der Waals surface area contributed by atoms with E-state index in [0.717, 1.165) is 11.1 Å². The maximum absolute atomic E-state index is 13.6. The van der Waals surface area contributed by atoms with Gasteiger partial charge in [-0.15, -0.1) is 0 Å². The van der Waals surface area contributed by atoms with E-state index in [9.17, 15) is 4.39 Å². The van der Waals surface area contributed by atoms with Crippen LogP contribution in [0.2, 0.25) is 0 Å². The lowest BCUT2D eigenvalue weighted by molar-refractivity contribution is 0.624. The van der Waals surface area contributed by atoms with E-state index in [1.807, 2.05) is 50.3 Å². The van der Waals surface area contributed by atoms with Crippen LogP contribution in [-0.2, 0) is 0 Å². The zero-order chi connectivity index (χ0) is 12.3. The molecular formula is C16H15F. The number of rotatable bonds is 2. The van der Waals surface area contributed by atoms with Crippen LogP contribution in [0.1, 0.15) is 22.3 Å². The Morgan fingerprint density at radius 1 is 0.824 bits per heavy atom. The molecule has 17 heavy (non-hydrogen) atoms. The van der Waals surface area contributed by atoms with E-state index in [4.69, 9.17) is 0 Å². The Balaban J connectivity index is 2.23. The molecule has 0 aromatic heterocycles. The quantitative estimate of drug-likeness (QED) is 0.656. The van der Waals surface area contributed by atoms with Crippen LogP contribution in [-0.4, -0.2) is 0 Å². The molecule has 2 rings (SSSR count). The highest BCUT2D eigenvalue weighted by Gasteiger charge is 1.97. The first-order valence-corrected chi connectivity index (χ1v) is 5.66. The minimum Gasteiger partial charge on any atom is -0.206 e. The van der Waals surface area contributed by atoms with Crippen molar-refractivity contribution in [3.63, 3.8) is 0 Å². The molecule has 1 heteroatoms. The van der Waals surface area contributed by atoms with Crippen molar-refractivity contribution >= 4 is 12.2 Å². The summed E-state index contributed by atoms with van der Waals surface area (Å²) in [6, 6.07) is 13.4. The van der Waals surface area contributed by atoms with E-state index in [2.05, 4.69) is 0 Å². The van der Waals surface area contributed by atoms with Crippen molar-refractivity contribution in [1.29, 1.82) is 0 Å². The average Bonchev–Trinajstić information content (AvgIpc) is 2.30. The molecule has 0 nitrogen and oxygen atoms in total. The molecule has 2 aromatic carbocycles. The molecule has 0 amide bonds. The third-order valence-electron chi connectivity index (χ3n) is 2.69. The van der Waals surface area contributed by atoms with Crippen molar-refractivity contribution in [2.75, 3.05) is 0 Å². The molecule has 0 atom stereocenters. The fourth-order valence-corrected chi connectivity index (χ4v) is 1.63. The molecule has 0 saturated carbocycles. The summed E-state index contributed by atoms with van der Waals surface area (Å²) in [5.74, 6) is -0.173. The summed E-state index contributed by atoms with van der Waals surface area (Å²) in [5, 5.41) is 0. The van der Waals surface area contributed by atoms with Gasteiger partial charge in [-0.05, 0) is 31.0 Å². The zero-order valence-corrected chi connectivity index (χ0v) is 10.1. The van der Waals surface area contributed by atoms with Crippen molar-refractivity contribution in [2.24, 2.45) is 0 Å². The highest BCUT2D eigenvalue weighted by Crippen LogP contribution is 2.14. The molecule has 0 bridgehead atoms. The Morgan fingerprint density at radius 2 is 1.47 bits per heavy atom. The third-order valence-corrected chi connectivity index (χ3v) is 2.69. The van der Waals surface area contributed by atoms with E-state index in [1.165, 1.54) is 5.56 Å². The number of benzene rings is 2. The second-order valence-electron chi connectivity index (χ2n) is 4.27. The van der Waals surface area contributed by atoms with Gasteiger partial charge in [0.05, 0.1) is 0 Å². The van der Waals surface area contributed by atoms with Gasteiger partial charge in [0.25, 0.3) is 0 Å². The molecular weight excluding hydrogens is 211 g/mol. The fourth-order valence-electron chi connectivity index (χ4n) is 1.63. The monoisotopic (exact) mass is 226 g/mol. The smallest absolute Gasteiger partial charge is 0.130 e. The molecule has 0 fully saturated rings. The first kappa shape index (κ1) is 11.6. The minimum absolute atomic E-state index is 0.173. The summed E-state index contributed by atoms with van der Waals surface area (Å²) in [6.07, 6.45) is 3.73. The topological polar surface area (TPSA) is 0 Å². The second kappa shape index (κ2) is 4.96. The van der Waals surface area contributed by atoms with E-state index >= 15 is 0 Å². The predicted octanol–water partition coefficient (Wildman–Crippen LogP) is 4.61. The van der Waals surface area contributed by atoms with Gasteiger partial charge in [0.15, 0.2) is 0 Å². The predicted molar refractivity (Wildman–Crippen MR) is 71.2 cm³/mol. The summed E-state index contributed by atoms with van der Waals surface area (Å²) < 4.78 is 13.6. The van der Waals surface area contributed by atoms with Crippen LogP contribution >= 0.6 is 0 Å². The van der Waals surface area contributed by atoms with Crippen LogP contribution in [0.3, 0.4) is 0 Å². The van der Waals surface area contributed by atoms with Crippen molar-refractivity contribution < 1.29 is 4.39 Å². The first-order valence-electron chi connectivity index (χ1n) is 5.66. The number of halogens is 1. The molecule has 0 N–H and O–H groups in total. The largest absolute Gasteiger partial charge is 0.206 e. The van der Waals surface area contributed by atoms with Crippen LogP contribution in [0.25, 0.3) is 12.2 Å². The molecule has 0 saturated heterocycles. The maximum atomic E-state index is 13.6. The second-order valence-corrected chi connectivity index (χ2v) is 4.27. The van der Waals surface area contributed by atoms with E-state index in [1.54, 1.807) is 18.2 Å². The summed E-state index contributed by atoms with van der Waals surface area (Å²) in [5.41, 5.74) is 3.87. The Morgan fingerprint density at radius 3 is 2.12 bits per heavy atom. The molecule has 0 radical (unpaired) electrons. The lowest BCUT2D eigenvalue weighted by atomic mass is 10.1. The fraction of sp³-hybridized carbons (Fsp3) is 0.125. The zero-order valence-electron chi connectivity index (χ0n) is 10.1. The Bertz CT molecular complexity index is 536. The van der Waals surface area contributed by atoms with Crippen molar-refractivity contribution in [3.05, 3.63) is 70.5 Å². The molecule has 0 heterocycles. The van der Waals surface area contributed by atoms with Crippen molar-refractivity contribution in [3.8, 4) is 0 Å². The molecule has 0 aliphatic carbocycles. The van der Waals surface area contributed by atoms with Gasteiger partial charge in [-0.1, -0.05) is 54.1 Å². The molecule has 86 valence electrons. The maximum Gasteiger partial charge on any atom is 0.130 e. The summed E-state index contributed by atoms with van der Waals surface area (Å²) in [6.45, 7) is 3.93. The Labute approximate surface area is 101 Å². The third kappa shape index (κ3) is 3.04. The van der Waals surface area contributed by atoms with Crippen LogP contribution in [0, 0.1) is 19.7 Å². The molecule has 0 spiro atoms. The van der Waals surface area contributed by atoms with Crippen molar-refractivity contribution in [2.45, 2.75) is 13.8 Å². The molecule has 0 aliphatic rings. The number of aryl methyl sites for hydroxylation is 2. The Hall–Kier alpha value is -1.89. The van der Waals surface area contributed by atoms with Gasteiger partial charge in [-0.3, -0.25) is 0 Å². The summed E-state index contributed by atoms with van der Waals surface area (Å²) in [7, 11) is 0. The summed E-state index contributed by atoms with van der Waals surface area (Å²) in [4.78, 5) is 0. The SMILES string of the molecule is Cc1ccc(/C=C/c2ccc(C)cc2F)cc1. The number of hydrogen-bond donors (Lipinski definition) is 0. The summed E-state index contributed by atoms with van der Waals surface area (Å²) >= 11 is 0. The van der Waals surface area contributed by atoms with Crippen LogP contribution < -0.4 is 0 Å². The highest BCUT2D eigenvalue weighted by atomic mass is 19.1. The van der Waals surface area contributed by atoms with Gasteiger partial charge in [0, 0.05) is 5.56 Å². The molecule has 2 aromatic rings. The lowest BCUT2D eigenvalue weighted by Crippen LogP contribution is -1.83. The minimum atomic E-state index is -0.173. The number of hydrogen-bond acceptors (Lipinski definition) is 0. The van der Waals surface area contributed by atoms with Gasteiger partial charge in [-0.25, -0.2) is 4.39 Å². The standard InChI is InChI=1S/C16H15F/c1-12-3-6-14(7-4-12)8-10-15-9-5-13(2)11-16(15)17/h3-11H,1-2H3/b10-8+. The Kier molecular flexibility index (Phi) is 3.38. The first-order chi connectivity index (χ1) is 8.15. The van der Waals surface area contributed by atoms with Crippen LogP contribution in [0.5, 0.6) is 0 Å². The van der Waals surface area contributed by atoms with Gasteiger partial charge in [0.1, 0.15) is 5.82 Å². The van der Waals surface area contributed by atoms with E-state index in [-0.39, 0.29) is 5.82 Å². The molecule has 0 unspecified atom stereocenters. The average molecular weight is 226 g/mol.